The van der Waals surface area contributed by atoms with Crippen molar-refractivity contribution in [1.82, 2.24) is 9.62 Å². The average molecular weight is 234 g/mol. The number of hydrogen-bond donors (Lipinski definition) is 1. The first kappa shape index (κ1) is 12.9. The normalized spacial score (nSPS) is 18.1. The summed E-state index contributed by atoms with van der Waals surface area (Å²) in [5, 5.41) is 2.95. The fraction of sp³-hybridized carbons (Fsp3) is 1.00. The lowest BCUT2D eigenvalue weighted by atomic mass is 9.84. The van der Waals surface area contributed by atoms with E-state index >= 15 is 0 Å². The number of sulfonamides is 1. The molecule has 0 spiro atoms. The number of likely N-dealkylation sites (N-methyl/N-ethyl adjacent to an activating group) is 2. The van der Waals surface area contributed by atoms with Gasteiger partial charge in [-0.05, 0) is 19.4 Å². The van der Waals surface area contributed by atoms with Gasteiger partial charge in [0.15, 0.2) is 0 Å². The van der Waals surface area contributed by atoms with Crippen LogP contribution in [0.25, 0.3) is 0 Å². The van der Waals surface area contributed by atoms with Crippen LogP contribution >= 0.6 is 0 Å². The van der Waals surface area contributed by atoms with Gasteiger partial charge in [0.05, 0.1) is 5.75 Å². The monoisotopic (exact) mass is 234 g/mol. The molecular formula is C10H22N2O2S. The van der Waals surface area contributed by atoms with Crippen molar-refractivity contribution in [1.29, 1.82) is 0 Å². The molecule has 0 heterocycles. The van der Waals surface area contributed by atoms with E-state index in [2.05, 4.69) is 5.32 Å². The Bertz CT molecular complexity index is 273. The van der Waals surface area contributed by atoms with Gasteiger partial charge in [-0.25, -0.2) is 12.7 Å². The Hall–Kier alpha value is -0.130. The van der Waals surface area contributed by atoms with E-state index in [1.165, 1.54) is 23.6 Å². The molecular weight excluding hydrogens is 212 g/mol. The first-order chi connectivity index (χ1) is 7.06. The van der Waals surface area contributed by atoms with Crippen molar-refractivity contribution >= 4 is 10.0 Å². The highest BCUT2D eigenvalue weighted by atomic mass is 32.2. The third-order valence-corrected chi connectivity index (χ3v) is 5.04. The Morgan fingerprint density at radius 3 is 2.53 bits per heavy atom. The van der Waals surface area contributed by atoms with Gasteiger partial charge in [0, 0.05) is 20.1 Å². The molecule has 0 unspecified atom stereocenters. The van der Waals surface area contributed by atoms with Crippen LogP contribution in [0.2, 0.25) is 0 Å². The van der Waals surface area contributed by atoms with E-state index in [9.17, 15) is 8.42 Å². The van der Waals surface area contributed by atoms with E-state index in [4.69, 9.17) is 0 Å². The van der Waals surface area contributed by atoms with E-state index in [1.807, 2.05) is 7.05 Å². The van der Waals surface area contributed by atoms with Crippen LogP contribution in [0.3, 0.4) is 0 Å². The minimum atomic E-state index is -3.01. The maximum absolute atomic E-state index is 11.8. The van der Waals surface area contributed by atoms with Gasteiger partial charge >= 0.3 is 0 Å². The number of nitrogens with zero attached hydrogens (tertiary/aromatic N) is 1. The van der Waals surface area contributed by atoms with E-state index in [0.29, 0.717) is 24.8 Å². The molecule has 0 aromatic heterocycles. The summed E-state index contributed by atoms with van der Waals surface area (Å²) < 4.78 is 25.0. The Balaban J connectivity index is 2.28. The van der Waals surface area contributed by atoms with E-state index < -0.39 is 10.0 Å². The summed E-state index contributed by atoms with van der Waals surface area (Å²) in [6.45, 7) is 1.27. The first-order valence-electron chi connectivity index (χ1n) is 5.65. The molecule has 0 aliphatic heterocycles. The first-order valence-corrected chi connectivity index (χ1v) is 7.26. The predicted octanol–water partition coefficient (Wildman–Crippen LogP) is 0.658. The summed E-state index contributed by atoms with van der Waals surface area (Å²) in [6.07, 6.45) is 4.55. The lowest BCUT2D eigenvalue weighted by molar-refractivity contribution is 0.305. The quantitative estimate of drug-likeness (QED) is 0.704. The molecule has 1 fully saturated rings. The Morgan fingerprint density at radius 2 is 2.07 bits per heavy atom. The highest BCUT2D eigenvalue weighted by molar-refractivity contribution is 7.89. The van der Waals surface area contributed by atoms with E-state index in [-0.39, 0.29) is 0 Å². The Kier molecular flexibility index (Phi) is 5.02. The van der Waals surface area contributed by atoms with Gasteiger partial charge in [-0.1, -0.05) is 19.3 Å². The molecule has 15 heavy (non-hydrogen) atoms. The van der Waals surface area contributed by atoms with Crippen molar-refractivity contribution in [3.63, 3.8) is 0 Å². The minimum absolute atomic E-state index is 0.317. The summed E-state index contributed by atoms with van der Waals surface area (Å²) in [4.78, 5) is 0. The molecule has 0 saturated heterocycles. The smallest absolute Gasteiger partial charge is 0.213 e. The van der Waals surface area contributed by atoms with Gasteiger partial charge in [-0.3, -0.25) is 0 Å². The van der Waals surface area contributed by atoms with Crippen molar-refractivity contribution in [2.45, 2.75) is 25.7 Å². The zero-order chi connectivity index (χ0) is 11.3. The van der Waals surface area contributed by atoms with Gasteiger partial charge in [-0.2, -0.15) is 0 Å². The molecule has 5 heteroatoms. The summed E-state index contributed by atoms with van der Waals surface area (Å²) >= 11 is 0. The second-order valence-corrected chi connectivity index (χ2v) is 6.52. The van der Waals surface area contributed by atoms with Crippen LogP contribution in [0.5, 0.6) is 0 Å². The van der Waals surface area contributed by atoms with Gasteiger partial charge in [-0.15, -0.1) is 0 Å². The van der Waals surface area contributed by atoms with Crippen molar-refractivity contribution in [3.8, 4) is 0 Å². The molecule has 0 amide bonds. The Labute approximate surface area is 93.1 Å². The lowest BCUT2D eigenvalue weighted by Gasteiger charge is -2.26. The maximum atomic E-state index is 11.8. The summed E-state index contributed by atoms with van der Waals surface area (Å²) in [5.41, 5.74) is 0. The molecule has 0 aromatic rings. The second-order valence-electron chi connectivity index (χ2n) is 4.33. The van der Waals surface area contributed by atoms with Crippen LogP contribution in [0.4, 0.5) is 0 Å². The highest BCUT2D eigenvalue weighted by Crippen LogP contribution is 2.29. The van der Waals surface area contributed by atoms with Crippen LogP contribution in [-0.2, 0) is 10.0 Å². The van der Waals surface area contributed by atoms with Gasteiger partial charge in [0.2, 0.25) is 10.0 Å². The third-order valence-electron chi connectivity index (χ3n) is 3.16. The fourth-order valence-electron chi connectivity index (χ4n) is 1.66. The molecule has 1 aliphatic carbocycles. The highest BCUT2D eigenvalue weighted by Gasteiger charge is 2.23. The molecule has 0 atom stereocenters. The van der Waals surface area contributed by atoms with Gasteiger partial charge in [0.25, 0.3) is 0 Å². The third kappa shape index (κ3) is 4.09. The molecule has 1 N–H and O–H groups in total. The van der Waals surface area contributed by atoms with Crippen LogP contribution < -0.4 is 5.32 Å². The minimum Gasteiger partial charge on any atom is -0.318 e. The summed E-state index contributed by atoms with van der Waals surface area (Å²) in [6, 6.07) is 0. The van der Waals surface area contributed by atoms with E-state index in [1.54, 1.807) is 7.05 Å². The molecule has 0 bridgehead atoms. The number of rotatable bonds is 7. The molecule has 0 radical (unpaired) electrons. The SMILES string of the molecule is CNCCN(C)S(=O)(=O)CCC1CCC1. The summed E-state index contributed by atoms with van der Waals surface area (Å²) in [5.74, 6) is 0.982. The van der Waals surface area contributed by atoms with Crippen LogP contribution in [0, 0.1) is 5.92 Å². The van der Waals surface area contributed by atoms with Crippen molar-refractivity contribution < 1.29 is 8.42 Å². The topological polar surface area (TPSA) is 49.4 Å². The standard InChI is InChI=1S/C10H22N2O2S/c1-11-7-8-12(2)15(13,14)9-6-10-4-3-5-10/h10-11H,3-9H2,1-2H3. The molecule has 1 aliphatic rings. The molecule has 1 saturated carbocycles. The van der Waals surface area contributed by atoms with Crippen molar-refractivity contribution in [2.75, 3.05) is 32.9 Å². The second kappa shape index (κ2) is 5.82. The van der Waals surface area contributed by atoms with Crippen LogP contribution in [0.15, 0.2) is 0 Å². The largest absolute Gasteiger partial charge is 0.318 e. The van der Waals surface area contributed by atoms with Gasteiger partial charge in [0.1, 0.15) is 0 Å². The predicted molar refractivity (Wildman–Crippen MR) is 62.3 cm³/mol. The van der Waals surface area contributed by atoms with E-state index in [0.717, 1.165) is 6.42 Å². The molecule has 4 nitrogen and oxygen atoms in total. The zero-order valence-corrected chi connectivity index (χ0v) is 10.5. The fourth-order valence-corrected chi connectivity index (χ4v) is 2.97. The number of hydrogen-bond acceptors (Lipinski definition) is 3. The van der Waals surface area contributed by atoms with Crippen molar-refractivity contribution in [2.24, 2.45) is 5.92 Å². The molecule has 1 rings (SSSR count). The number of nitrogens with one attached hydrogen (secondary N) is 1. The lowest BCUT2D eigenvalue weighted by Crippen LogP contribution is -2.35. The molecule has 90 valence electrons. The zero-order valence-electron chi connectivity index (χ0n) is 9.70. The van der Waals surface area contributed by atoms with Crippen LogP contribution in [0.1, 0.15) is 25.7 Å². The Morgan fingerprint density at radius 1 is 1.40 bits per heavy atom. The van der Waals surface area contributed by atoms with Crippen LogP contribution in [-0.4, -0.2) is 45.7 Å². The van der Waals surface area contributed by atoms with Gasteiger partial charge < -0.3 is 5.32 Å². The summed E-state index contributed by atoms with van der Waals surface area (Å²) in [7, 11) is 0.478. The molecule has 0 aromatic carbocycles. The average Bonchev–Trinajstić information content (AvgIpc) is 2.11. The maximum Gasteiger partial charge on any atom is 0.213 e. The van der Waals surface area contributed by atoms with Crippen molar-refractivity contribution in [3.05, 3.63) is 0 Å².